The van der Waals surface area contributed by atoms with Crippen molar-refractivity contribution in [3.8, 4) is 11.3 Å². The summed E-state index contributed by atoms with van der Waals surface area (Å²) in [6.45, 7) is 1.64. The van der Waals surface area contributed by atoms with Gasteiger partial charge in [0.2, 0.25) is 5.95 Å². The molecule has 3 aromatic carbocycles. The molecule has 2 N–H and O–H groups in total. The van der Waals surface area contributed by atoms with Crippen LogP contribution in [0.1, 0.15) is 27.0 Å². The molecule has 0 saturated carbocycles. The van der Waals surface area contributed by atoms with E-state index >= 15 is 0 Å². The maximum atomic E-state index is 14.7. The van der Waals surface area contributed by atoms with Gasteiger partial charge < -0.3 is 15.5 Å². The molecule has 1 aliphatic rings. The molecule has 0 spiro atoms. The molecule has 38 heavy (non-hydrogen) atoms. The molecule has 0 bridgehead atoms. The minimum Gasteiger partial charge on any atom is -0.351 e. The van der Waals surface area contributed by atoms with E-state index in [0.717, 1.165) is 23.4 Å². The summed E-state index contributed by atoms with van der Waals surface area (Å²) >= 11 is 6.34. The number of amides is 1. The predicted octanol–water partition coefficient (Wildman–Crippen LogP) is 5.32. The topological polar surface area (TPSA) is 82.5 Å². The van der Waals surface area contributed by atoms with Crippen molar-refractivity contribution in [2.24, 2.45) is 4.99 Å². The number of likely N-dealkylation sites (N-methyl/N-ethyl adjacent to an activating group) is 1. The van der Waals surface area contributed by atoms with E-state index in [1.165, 1.54) is 6.07 Å². The third-order valence-electron chi connectivity index (χ3n) is 6.14. The number of anilines is 2. The molecule has 0 atom stereocenters. The molecule has 0 aliphatic carbocycles. The number of carbonyl (C=O) groups excluding carboxylic acids is 1. The van der Waals surface area contributed by atoms with Gasteiger partial charge in [0, 0.05) is 57.8 Å². The zero-order valence-electron chi connectivity index (χ0n) is 21.0. The van der Waals surface area contributed by atoms with Gasteiger partial charge in [0.05, 0.1) is 18.0 Å². The van der Waals surface area contributed by atoms with Gasteiger partial charge in [-0.3, -0.25) is 9.79 Å². The lowest BCUT2D eigenvalue weighted by Crippen LogP contribution is -2.31. The molecule has 1 aliphatic heterocycles. The van der Waals surface area contributed by atoms with Crippen LogP contribution in [0.4, 0.5) is 16.0 Å². The lowest BCUT2D eigenvalue weighted by atomic mass is 9.95. The number of aliphatic imine (C=N–C) groups is 1. The maximum Gasteiger partial charge on any atom is 0.251 e. The number of benzene rings is 3. The van der Waals surface area contributed by atoms with Crippen LogP contribution in [0.5, 0.6) is 0 Å². The van der Waals surface area contributed by atoms with E-state index in [4.69, 9.17) is 21.6 Å². The Hall–Kier alpha value is -4.14. The van der Waals surface area contributed by atoms with E-state index in [-0.39, 0.29) is 11.7 Å². The molecule has 0 unspecified atom stereocenters. The Labute approximate surface area is 225 Å². The van der Waals surface area contributed by atoms with Crippen LogP contribution in [0.3, 0.4) is 0 Å². The maximum absolute atomic E-state index is 14.7. The van der Waals surface area contributed by atoms with Gasteiger partial charge in [-0.25, -0.2) is 14.4 Å². The van der Waals surface area contributed by atoms with Gasteiger partial charge in [-0.05, 0) is 62.6 Å². The van der Waals surface area contributed by atoms with E-state index in [2.05, 4.69) is 15.6 Å². The molecule has 4 aromatic rings. The minimum atomic E-state index is -0.355. The summed E-state index contributed by atoms with van der Waals surface area (Å²) in [7, 11) is 3.92. The number of aromatic nitrogens is 2. The van der Waals surface area contributed by atoms with Gasteiger partial charge >= 0.3 is 0 Å². The number of nitrogens with zero attached hydrogens (tertiary/aromatic N) is 4. The Morgan fingerprint density at radius 1 is 1.03 bits per heavy atom. The van der Waals surface area contributed by atoms with E-state index in [0.29, 0.717) is 52.2 Å². The standard InChI is InChI=1S/C29H26ClFN6O/c1-37(2)14-13-32-28(38)18-7-10-21(11-8-18)35-29-34-17-19-16-33-27(23-5-3-4-6-25(23)31)24-15-20(30)9-12-22(24)26(19)36-29/h3-12,15,17H,13-14,16H2,1-2H3,(H,32,38)(H,34,35,36). The van der Waals surface area contributed by atoms with Crippen LogP contribution in [0.25, 0.3) is 11.3 Å². The van der Waals surface area contributed by atoms with Crippen molar-refractivity contribution in [3.63, 3.8) is 0 Å². The third-order valence-corrected chi connectivity index (χ3v) is 6.38. The highest BCUT2D eigenvalue weighted by Gasteiger charge is 2.23. The highest BCUT2D eigenvalue weighted by Crippen LogP contribution is 2.34. The summed E-state index contributed by atoms with van der Waals surface area (Å²) in [6, 6.07) is 19.1. The number of carbonyl (C=O) groups is 1. The smallest absolute Gasteiger partial charge is 0.251 e. The van der Waals surface area contributed by atoms with Crippen molar-refractivity contribution in [2.75, 3.05) is 32.5 Å². The SMILES string of the molecule is CN(C)CCNC(=O)c1ccc(Nc2ncc3c(n2)-c2ccc(Cl)cc2C(c2ccccc2F)=NC3)cc1. The Bertz CT molecular complexity index is 1520. The second kappa shape index (κ2) is 11.1. The Balaban J connectivity index is 1.41. The zero-order valence-corrected chi connectivity index (χ0v) is 21.8. The number of rotatable bonds is 7. The fourth-order valence-corrected chi connectivity index (χ4v) is 4.37. The summed E-state index contributed by atoms with van der Waals surface area (Å²) in [6.07, 6.45) is 1.73. The summed E-state index contributed by atoms with van der Waals surface area (Å²) in [5.41, 5.74) is 5.24. The third kappa shape index (κ3) is 5.56. The number of nitrogens with one attached hydrogen (secondary N) is 2. The second-order valence-corrected chi connectivity index (χ2v) is 9.60. The number of hydrogen-bond donors (Lipinski definition) is 2. The van der Waals surface area contributed by atoms with Crippen LogP contribution in [0, 0.1) is 5.82 Å². The molecule has 1 amide bonds. The van der Waals surface area contributed by atoms with Crippen LogP contribution in [0.2, 0.25) is 5.02 Å². The molecular weight excluding hydrogens is 503 g/mol. The van der Waals surface area contributed by atoms with Gasteiger partial charge in [-0.2, -0.15) is 0 Å². The first-order chi connectivity index (χ1) is 18.4. The number of halogens is 2. The van der Waals surface area contributed by atoms with Gasteiger partial charge in [0.15, 0.2) is 0 Å². The Morgan fingerprint density at radius 3 is 2.58 bits per heavy atom. The quantitative estimate of drug-likeness (QED) is 0.339. The molecule has 0 fully saturated rings. The van der Waals surface area contributed by atoms with Crippen LogP contribution in [-0.2, 0) is 6.54 Å². The Morgan fingerprint density at radius 2 is 1.82 bits per heavy atom. The molecule has 0 radical (unpaired) electrons. The van der Waals surface area contributed by atoms with Crippen LogP contribution in [0.15, 0.2) is 77.9 Å². The summed E-state index contributed by atoms with van der Waals surface area (Å²) in [5, 5.41) is 6.63. The van der Waals surface area contributed by atoms with E-state index in [1.807, 2.05) is 37.2 Å². The first-order valence-electron chi connectivity index (χ1n) is 12.1. The molecule has 192 valence electrons. The molecule has 1 aromatic heterocycles. The van der Waals surface area contributed by atoms with Gasteiger partial charge in [0.1, 0.15) is 5.82 Å². The zero-order chi connectivity index (χ0) is 26.6. The highest BCUT2D eigenvalue weighted by molar-refractivity contribution is 6.31. The van der Waals surface area contributed by atoms with Crippen LogP contribution < -0.4 is 10.6 Å². The fourth-order valence-electron chi connectivity index (χ4n) is 4.20. The van der Waals surface area contributed by atoms with Crippen molar-refractivity contribution in [1.29, 1.82) is 0 Å². The number of hydrogen-bond acceptors (Lipinski definition) is 6. The monoisotopic (exact) mass is 528 g/mol. The summed E-state index contributed by atoms with van der Waals surface area (Å²) in [5.74, 6) is -0.0887. The lowest BCUT2D eigenvalue weighted by molar-refractivity contribution is 0.0951. The average Bonchev–Trinajstić information content (AvgIpc) is 3.05. The van der Waals surface area contributed by atoms with Gasteiger partial charge in [-0.15, -0.1) is 0 Å². The molecule has 5 rings (SSSR count). The molecule has 0 saturated heterocycles. The largest absolute Gasteiger partial charge is 0.351 e. The average molecular weight is 529 g/mol. The molecule has 2 heterocycles. The van der Waals surface area contributed by atoms with E-state index in [1.54, 1.807) is 48.7 Å². The number of fused-ring (bicyclic) bond motifs is 3. The first kappa shape index (κ1) is 25.5. The lowest BCUT2D eigenvalue weighted by Gasteiger charge is -2.13. The van der Waals surface area contributed by atoms with Crippen molar-refractivity contribution in [3.05, 3.63) is 106 Å². The van der Waals surface area contributed by atoms with Crippen molar-refractivity contribution in [2.45, 2.75) is 6.54 Å². The van der Waals surface area contributed by atoms with Crippen LogP contribution >= 0.6 is 11.6 Å². The van der Waals surface area contributed by atoms with Crippen molar-refractivity contribution < 1.29 is 9.18 Å². The van der Waals surface area contributed by atoms with Gasteiger partial charge in [-0.1, -0.05) is 29.8 Å². The highest BCUT2D eigenvalue weighted by atomic mass is 35.5. The van der Waals surface area contributed by atoms with Crippen LogP contribution in [-0.4, -0.2) is 53.7 Å². The van der Waals surface area contributed by atoms with E-state index in [9.17, 15) is 9.18 Å². The second-order valence-electron chi connectivity index (χ2n) is 9.16. The Kier molecular flexibility index (Phi) is 7.44. The van der Waals surface area contributed by atoms with E-state index < -0.39 is 0 Å². The molecule has 7 nitrogen and oxygen atoms in total. The predicted molar refractivity (Wildman–Crippen MR) is 149 cm³/mol. The normalized spacial score (nSPS) is 12.3. The van der Waals surface area contributed by atoms with Crippen molar-refractivity contribution in [1.82, 2.24) is 20.2 Å². The molecular formula is C29H26ClFN6O. The summed E-state index contributed by atoms with van der Waals surface area (Å²) < 4.78 is 14.7. The first-order valence-corrected chi connectivity index (χ1v) is 12.5. The van der Waals surface area contributed by atoms with Crippen molar-refractivity contribution >= 4 is 34.9 Å². The minimum absolute atomic E-state index is 0.124. The molecule has 9 heteroatoms. The summed E-state index contributed by atoms with van der Waals surface area (Å²) in [4.78, 5) is 28.4. The van der Waals surface area contributed by atoms with Gasteiger partial charge in [0.25, 0.3) is 5.91 Å². The fraction of sp³-hybridized carbons (Fsp3) is 0.172.